The maximum atomic E-state index is 12.0. The Hall–Kier alpha value is -3.15. The fourth-order valence-corrected chi connectivity index (χ4v) is 1.91. The number of ether oxygens (including phenoxy) is 2. The van der Waals surface area contributed by atoms with E-state index in [4.69, 9.17) is 9.47 Å². The van der Waals surface area contributed by atoms with E-state index in [1.165, 1.54) is 24.3 Å². The summed E-state index contributed by atoms with van der Waals surface area (Å²) >= 11 is 0. The number of amides is 1. The second-order valence-corrected chi connectivity index (χ2v) is 4.67. The van der Waals surface area contributed by atoms with Gasteiger partial charge >= 0.3 is 0 Å². The number of phenols is 1. The monoisotopic (exact) mass is 314 g/mol. The smallest absolute Gasteiger partial charge is 0.269 e. The van der Waals surface area contributed by atoms with Crippen LogP contribution in [0, 0.1) is 0 Å². The van der Waals surface area contributed by atoms with Crippen molar-refractivity contribution >= 4 is 11.6 Å². The highest BCUT2D eigenvalue weighted by atomic mass is 16.5. The average molecular weight is 314 g/mol. The minimum Gasteiger partial charge on any atom is -0.508 e. The number of hydrogen-bond acceptors (Lipinski definition) is 5. The first kappa shape index (κ1) is 16.2. The average Bonchev–Trinajstić information content (AvgIpc) is 2.59. The van der Waals surface area contributed by atoms with Gasteiger partial charge in [0.1, 0.15) is 5.75 Å². The van der Waals surface area contributed by atoms with E-state index in [2.05, 4.69) is 17.4 Å². The van der Waals surface area contributed by atoms with Gasteiger partial charge in [-0.1, -0.05) is 6.58 Å². The summed E-state index contributed by atoms with van der Waals surface area (Å²) in [5, 5.41) is 9.21. The van der Waals surface area contributed by atoms with E-state index in [9.17, 15) is 9.90 Å². The van der Waals surface area contributed by atoms with E-state index in [1.807, 2.05) is 0 Å². The maximum Gasteiger partial charge on any atom is 0.269 e. The van der Waals surface area contributed by atoms with Crippen molar-refractivity contribution in [3.63, 3.8) is 0 Å². The quantitative estimate of drug-likeness (QED) is 0.713. The molecule has 0 fully saturated rings. The van der Waals surface area contributed by atoms with Gasteiger partial charge in [0, 0.05) is 11.1 Å². The third kappa shape index (κ3) is 3.94. The lowest BCUT2D eigenvalue weighted by Crippen LogP contribution is -2.35. The third-order valence-electron chi connectivity index (χ3n) is 3.19. The number of hydrogen-bond donors (Lipinski definition) is 3. The van der Waals surface area contributed by atoms with Gasteiger partial charge in [-0.05, 0) is 42.5 Å². The Bertz CT molecular complexity index is 711. The number of rotatable bonds is 6. The molecule has 120 valence electrons. The largest absolute Gasteiger partial charge is 0.508 e. The summed E-state index contributed by atoms with van der Waals surface area (Å²) in [6, 6.07) is 11.2. The Morgan fingerprint density at radius 2 is 1.57 bits per heavy atom. The van der Waals surface area contributed by atoms with E-state index in [1.54, 1.807) is 32.4 Å². The number of methoxy groups -OCH3 is 2. The lowest BCUT2D eigenvalue weighted by atomic mass is 10.1. The van der Waals surface area contributed by atoms with Gasteiger partial charge < -0.3 is 14.6 Å². The molecule has 0 aliphatic heterocycles. The summed E-state index contributed by atoms with van der Waals surface area (Å²) in [5.41, 5.74) is 6.94. The Labute approximate surface area is 134 Å². The van der Waals surface area contributed by atoms with E-state index in [-0.39, 0.29) is 11.7 Å². The highest BCUT2D eigenvalue weighted by Crippen LogP contribution is 2.29. The lowest BCUT2D eigenvalue weighted by molar-refractivity contribution is 0.0942. The van der Waals surface area contributed by atoms with Crippen molar-refractivity contribution < 1.29 is 19.4 Å². The van der Waals surface area contributed by atoms with Crippen molar-refractivity contribution in [3.8, 4) is 17.2 Å². The molecular formula is C17H18N2O4. The highest BCUT2D eigenvalue weighted by Gasteiger charge is 2.09. The van der Waals surface area contributed by atoms with Crippen molar-refractivity contribution in [1.82, 2.24) is 10.9 Å². The van der Waals surface area contributed by atoms with Gasteiger partial charge in [0.05, 0.1) is 19.9 Å². The summed E-state index contributed by atoms with van der Waals surface area (Å²) in [5.74, 6) is 0.936. The molecule has 0 radical (unpaired) electrons. The summed E-state index contributed by atoms with van der Waals surface area (Å²) < 4.78 is 10.4. The van der Waals surface area contributed by atoms with Gasteiger partial charge in [-0.2, -0.15) is 0 Å². The molecule has 0 saturated carbocycles. The summed E-state index contributed by atoms with van der Waals surface area (Å²) in [7, 11) is 3.10. The van der Waals surface area contributed by atoms with Gasteiger partial charge in [0.25, 0.3) is 5.91 Å². The number of benzene rings is 2. The van der Waals surface area contributed by atoms with Crippen LogP contribution in [0.4, 0.5) is 0 Å². The molecule has 0 aromatic heterocycles. The number of carbonyl (C=O) groups excluding carboxylic acids is 1. The van der Waals surface area contributed by atoms with Gasteiger partial charge in [0.15, 0.2) is 11.5 Å². The van der Waals surface area contributed by atoms with Crippen LogP contribution in [0.1, 0.15) is 15.9 Å². The Morgan fingerprint density at radius 3 is 2.17 bits per heavy atom. The molecule has 2 aromatic rings. The zero-order valence-corrected chi connectivity index (χ0v) is 12.9. The molecule has 3 N–H and O–H groups in total. The molecule has 0 spiro atoms. The normalized spacial score (nSPS) is 9.83. The second-order valence-electron chi connectivity index (χ2n) is 4.67. The molecule has 0 bridgehead atoms. The van der Waals surface area contributed by atoms with Crippen molar-refractivity contribution in [2.75, 3.05) is 14.2 Å². The van der Waals surface area contributed by atoms with Crippen LogP contribution in [0.15, 0.2) is 49.0 Å². The number of phenolic OH excluding ortho intramolecular Hbond substituents is 1. The predicted molar refractivity (Wildman–Crippen MR) is 87.3 cm³/mol. The molecule has 0 aliphatic rings. The lowest BCUT2D eigenvalue weighted by Gasteiger charge is -2.13. The van der Waals surface area contributed by atoms with Gasteiger partial charge in [-0.15, -0.1) is 0 Å². The van der Waals surface area contributed by atoms with Crippen LogP contribution in [-0.2, 0) is 0 Å². The van der Waals surface area contributed by atoms with E-state index >= 15 is 0 Å². The zero-order valence-electron chi connectivity index (χ0n) is 12.9. The van der Waals surface area contributed by atoms with E-state index in [0.29, 0.717) is 22.8 Å². The molecule has 6 heteroatoms. The van der Waals surface area contributed by atoms with Gasteiger partial charge in [0.2, 0.25) is 0 Å². The molecule has 0 aliphatic carbocycles. The molecule has 1 amide bonds. The van der Waals surface area contributed by atoms with Crippen molar-refractivity contribution in [2.24, 2.45) is 0 Å². The number of aromatic hydroxyl groups is 1. The molecule has 2 aromatic carbocycles. The second kappa shape index (κ2) is 7.22. The third-order valence-corrected chi connectivity index (χ3v) is 3.19. The maximum absolute atomic E-state index is 12.0. The summed E-state index contributed by atoms with van der Waals surface area (Å²) in [6.07, 6.45) is 0. The van der Waals surface area contributed by atoms with Crippen molar-refractivity contribution in [1.29, 1.82) is 0 Å². The molecular weight excluding hydrogens is 296 g/mol. The predicted octanol–water partition coefficient (Wildman–Crippen LogP) is 2.31. The van der Waals surface area contributed by atoms with Crippen LogP contribution in [0.2, 0.25) is 0 Å². The molecule has 0 unspecified atom stereocenters. The van der Waals surface area contributed by atoms with E-state index in [0.717, 1.165) is 5.56 Å². The fourth-order valence-electron chi connectivity index (χ4n) is 1.91. The Kier molecular flexibility index (Phi) is 5.09. The SMILES string of the molecule is C=C(NNC(=O)c1ccc(O)cc1)c1ccc(OC)c(OC)c1. The molecule has 23 heavy (non-hydrogen) atoms. The number of nitrogens with one attached hydrogen (secondary N) is 2. The standard InChI is InChI=1S/C17H18N2O4/c1-11(13-6-9-15(22-2)16(10-13)23-3)18-19-17(21)12-4-7-14(20)8-5-12/h4-10,18,20H,1H2,2-3H3,(H,19,21). The Morgan fingerprint density at radius 1 is 0.957 bits per heavy atom. The summed E-state index contributed by atoms with van der Waals surface area (Å²) in [4.78, 5) is 12.0. The van der Waals surface area contributed by atoms with Crippen LogP contribution in [0.25, 0.3) is 5.70 Å². The topological polar surface area (TPSA) is 79.8 Å². The molecule has 0 heterocycles. The van der Waals surface area contributed by atoms with Crippen LogP contribution >= 0.6 is 0 Å². The summed E-state index contributed by atoms with van der Waals surface area (Å²) in [6.45, 7) is 3.87. The molecule has 0 atom stereocenters. The number of carbonyl (C=O) groups is 1. The molecule has 2 rings (SSSR count). The van der Waals surface area contributed by atoms with Crippen LogP contribution in [0.5, 0.6) is 17.2 Å². The molecule has 6 nitrogen and oxygen atoms in total. The molecule has 0 saturated heterocycles. The number of hydrazine groups is 1. The van der Waals surface area contributed by atoms with Crippen LogP contribution in [-0.4, -0.2) is 25.2 Å². The Balaban J connectivity index is 2.02. The van der Waals surface area contributed by atoms with Crippen LogP contribution < -0.4 is 20.3 Å². The highest BCUT2D eigenvalue weighted by molar-refractivity contribution is 5.94. The fraction of sp³-hybridized carbons (Fsp3) is 0.118. The van der Waals surface area contributed by atoms with Crippen LogP contribution in [0.3, 0.4) is 0 Å². The van der Waals surface area contributed by atoms with Crippen molar-refractivity contribution in [3.05, 3.63) is 60.2 Å². The minimum atomic E-state index is -0.341. The first-order valence-electron chi connectivity index (χ1n) is 6.82. The van der Waals surface area contributed by atoms with Gasteiger partial charge in [-0.3, -0.25) is 15.6 Å². The zero-order chi connectivity index (χ0) is 16.8. The first-order valence-corrected chi connectivity index (χ1v) is 6.82. The van der Waals surface area contributed by atoms with E-state index < -0.39 is 0 Å². The van der Waals surface area contributed by atoms with Crippen molar-refractivity contribution in [2.45, 2.75) is 0 Å². The van der Waals surface area contributed by atoms with Gasteiger partial charge in [-0.25, -0.2) is 0 Å². The first-order chi connectivity index (χ1) is 11.0. The minimum absolute atomic E-state index is 0.101.